The number of rotatable bonds is 4. The van der Waals surface area contributed by atoms with Gasteiger partial charge < -0.3 is 4.57 Å². The van der Waals surface area contributed by atoms with Crippen LogP contribution in [0.4, 0.5) is 5.69 Å². The molecule has 21 heavy (non-hydrogen) atoms. The van der Waals surface area contributed by atoms with E-state index in [9.17, 15) is 0 Å². The molecule has 0 atom stereocenters. The van der Waals surface area contributed by atoms with E-state index >= 15 is 0 Å². The minimum atomic E-state index is 0.986. The first-order valence-corrected chi connectivity index (χ1v) is 7.21. The van der Waals surface area contributed by atoms with Crippen LogP contribution in [0, 0.1) is 0 Å². The Labute approximate surface area is 125 Å². The van der Waals surface area contributed by atoms with Crippen LogP contribution >= 0.6 is 0 Å². The van der Waals surface area contributed by atoms with Crippen LogP contribution in [0.5, 0.6) is 0 Å². The number of aryl methyl sites for hydroxylation is 1. The zero-order chi connectivity index (χ0) is 14.5. The first kappa shape index (κ1) is 13.4. The number of benzene rings is 2. The van der Waals surface area contributed by atoms with Crippen LogP contribution in [-0.4, -0.2) is 10.8 Å². The van der Waals surface area contributed by atoms with Crippen LogP contribution < -0.4 is 0 Å². The Morgan fingerprint density at radius 3 is 2.43 bits per heavy atom. The molecule has 0 amide bonds. The van der Waals surface area contributed by atoms with Gasteiger partial charge in [-0.15, -0.1) is 0 Å². The van der Waals surface area contributed by atoms with Crippen molar-refractivity contribution in [2.45, 2.75) is 13.3 Å². The molecule has 2 aromatic carbocycles. The third-order valence-corrected chi connectivity index (χ3v) is 3.48. The topological polar surface area (TPSA) is 17.3 Å². The van der Waals surface area contributed by atoms with Crippen molar-refractivity contribution in [1.82, 2.24) is 4.57 Å². The van der Waals surface area contributed by atoms with Gasteiger partial charge in [-0.2, -0.15) is 0 Å². The summed E-state index contributed by atoms with van der Waals surface area (Å²) in [6.45, 7) is 2.16. The Balaban J connectivity index is 1.76. The molecule has 0 fully saturated rings. The van der Waals surface area contributed by atoms with E-state index in [4.69, 9.17) is 0 Å². The van der Waals surface area contributed by atoms with Gasteiger partial charge in [-0.05, 0) is 42.3 Å². The van der Waals surface area contributed by atoms with Gasteiger partial charge in [0.2, 0.25) is 0 Å². The average molecular weight is 274 g/mol. The quantitative estimate of drug-likeness (QED) is 0.609. The van der Waals surface area contributed by atoms with E-state index in [2.05, 4.69) is 71.3 Å². The SMILES string of the molecule is CCc1ccc(N=Cc2ccn(-c3ccccc3)c2)cc1. The summed E-state index contributed by atoms with van der Waals surface area (Å²) in [7, 11) is 0. The number of para-hydroxylation sites is 1. The van der Waals surface area contributed by atoms with Gasteiger partial charge in [0.25, 0.3) is 0 Å². The monoisotopic (exact) mass is 274 g/mol. The zero-order valence-corrected chi connectivity index (χ0v) is 12.1. The molecule has 1 aromatic heterocycles. The maximum absolute atomic E-state index is 4.52. The molecule has 3 rings (SSSR count). The lowest BCUT2D eigenvalue weighted by Gasteiger charge is -2.00. The standard InChI is InChI=1S/C19H18N2/c1-2-16-8-10-18(11-9-16)20-14-17-12-13-21(15-17)19-6-4-3-5-7-19/h3-15H,2H2,1H3. The van der Waals surface area contributed by atoms with Crippen LogP contribution in [0.15, 0.2) is 78.0 Å². The third-order valence-electron chi connectivity index (χ3n) is 3.48. The molecule has 1 heterocycles. The molecule has 0 saturated heterocycles. The van der Waals surface area contributed by atoms with E-state index in [0.29, 0.717) is 0 Å². The summed E-state index contributed by atoms with van der Waals surface area (Å²) >= 11 is 0. The maximum atomic E-state index is 4.52. The summed E-state index contributed by atoms with van der Waals surface area (Å²) in [5, 5.41) is 0. The van der Waals surface area contributed by atoms with Gasteiger partial charge in [0.15, 0.2) is 0 Å². The molecule has 2 heteroatoms. The van der Waals surface area contributed by atoms with Crippen molar-refractivity contribution in [3.8, 4) is 5.69 Å². The number of hydrogen-bond acceptors (Lipinski definition) is 1. The molecule has 0 spiro atoms. The molecule has 3 aromatic rings. The normalized spacial score (nSPS) is 11.1. The molecule has 0 aliphatic heterocycles. The fraction of sp³-hybridized carbons (Fsp3) is 0.105. The van der Waals surface area contributed by atoms with Gasteiger partial charge in [-0.3, -0.25) is 4.99 Å². The van der Waals surface area contributed by atoms with E-state index in [1.165, 1.54) is 5.56 Å². The summed E-state index contributed by atoms with van der Waals surface area (Å²) in [4.78, 5) is 4.52. The Bertz CT molecular complexity index is 722. The highest BCUT2D eigenvalue weighted by atomic mass is 14.9. The number of aliphatic imine (C=N–C) groups is 1. The molecular weight excluding hydrogens is 256 g/mol. The molecule has 0 unspecified atom stereocenters. The second kappa shape index (κ2) is 6.23. The predicted octanol–water partition coefficient (Wildman–Crippen LogP) is 4.79. The number of hydrogen-bond donors (Lipinski definition) is 0. The molecule has 0 saturated carbocycles. The molecule has 104 valence electrons. The Kier molecular flexibility index (Phi) is 3.97. The summed E-state index contributed by atoms with van der Waals surface area (Å²) in [5.74, 6) is 0. The molecule has 0 aliphatic rings. The van der Waals surface area contributed by atoms with E-state index in [1.54, 1.807) is 0 Å². The molecule has 0 N–H and O–H groups in total. The zero-order valence-electron chi connectivity index (χ0n) is 12.1. The van der Waals surface area contributed by atoms with E-state index in [-0.39, 0.29) is 0 Å². The highest BCUT2D eigenvalue weighted by molar-refractivity contribution is 5.81. The minimum Gasteiger partial charge on any atom is -0.323 e. The molecule has 0 bridgehead atoms. The summed E-state index contributed by atoms with van der Waals surface area (Å²) in [5.41, 5.74) is 4.58. The summed E-state index contributed by atoms with van der Waals surface area (Å²) < 4.78 is 2.10. The van der Waals surface area contributed by atoms with Crippen LogP contribution in [0.25, 0.3) is 5.69 Å². The summed E-state index contributed by atoms with van der Waals surface area (Å²) in [6, 6.07) is 20.7. The number of nitrogens with zero attached hydrogens (tertiary/aromatic N) is 2. The Morgan fingerprint density at radius 1 is 0.952 bits per heavy atom. The first-order valence-electron chi connectivity index (χ1n) is 7.21. The average Bonchev–Trinajstić information content (AvgIpc) is 3.03. The summed E-state index contributed by atoms with van der Waals surface area (Å²) in [6.07, 6.45) is 7.10. The van der Waals surface area contributed by atoms with E-state index < -0.39 is 0 Å². The highest BCUT2D eigenvalue weighted by Gasteiger charge is 1.97. The van der Waals surface area contributed by atoms with E-state index in [1.807, 2.05) is 24.4 Å². The van der Waals surface area contributed by atoms with Gasteiger partial charge >= 0.3 is 0 Å². The fourth-order valence-electron chi connectivity index (χ4n) is 2.22. The van der Waals surface area contributed by atoms with Gasteiger partial charge in [0.1, 0.15) is 0 Å². The van der Waals surface area contributed by atoms with Gasteiger partial charge in [-0.1, -0.05) is 37.3 Å². The Morgan fingerprint density at radius 2 is 1.71 bits per heavy atom. The smallest absolute Gasteiger partial charge is 0.0630 e. The lowest BCUT2D eigenvalue weighted by Crippen LogP contribution is -1.88. The Hall–Kier alpha value is -2.61. The van der Waals surface area contributed by atoms with Crippen LogP contribution in [0.3, 0.4) is 0 Å². The largest absolute Gasteiger partial charge is 0.323 e. The van der Waals surface area contributed by atoms with Gasteiger partial charge in [0.05, 0.1) is 5.69 Å². The highest BCUT2D eigenvalue weighted by Crippen LogP contribution is 2.14. The van der Waals surface area contributed by atoms with Crippen LogP contribution in [0.2, 0.25) is 0 Å². The number of aromatic nitrogens is 1. The van der Waals surface area contributed by atoms with Crippen molar-refractivity contribution in [1.29, 1.82) is 0 Å². The molecule has 0 radical (unpaired) electrons. The fourth-order valence-corrected chi connectivity index (χ4v) is 2.22. The lowest BCUT2D eigenvalue weighted by atomic mass is 10.1. The van der Waals surface area contributed by atoms with E-state index in [0.717, 1.165) is 23.4 Å². The second-order valence-corrected chi connectivity index (χ2v) is 4.97. The lowest BCUT2D eigenvalue weighted by molar-refractivity contribution is 1.08. The van der Waals surface area contributed by atoms with Crippen molar-refractivity contribution in [2.24, 2.45) is 4.99 Å². The van der Waals surface area contributed by atoms with Crippen molar-refractivity contribution in [3.05, 3.63) is 84.2 Å². The van der Waals surface area contributed by atoms with Crippen LogP contribution in [-0.2, 0) is 6.42 Å². The van der Waals surface area contributed by atoms with Crippen molar-refractivity contribution >= 4 is 11.9 Å². The predicted molar refractivity (Wildman–Crippen MR) is 88.8 cm³/mol. The van der Waals surface area contributed by atoms with Crippen molar-refractivity contribution in [3.63, 3.8) is 0 Å². The molecule has 0 aliphatic carbocycles. The first-order chi connectivity index (χ1) is 10.3. The molecule has 2 nitrogen and oxygen atoms in total. The maximum Gasteiger partial charge on any atom is 0.0630 e. The van der Waals surface area contributed by atoms with Gasteiger partial charge in [-0.25, -0.2) is 0 Å². The minimum absolute atomic E-state index is 0.986. The second-order valence-electron chi connectivity index (χ2n) is 4.97. The van der Waals surface area contributed by atoms with Gasteiger partial charge in [0, 0.05) is 29.9 Å². The molecular formula is C19H18N2. The van der Waals surface area contributed by atoms with Crippen molar-refractivity contribution in [2.75, 3.05) is 0 Å². The van der Waals surface area contributed by atoms with Crippen molar-refractivity contribution < 1.29 is 0 Å². The third kappa shape index (κ3) is 3.29. The van der Waals surface area contributed by atoms with Crippen LogP contribution in [0.1, 0.15) is 18.1 Å².